The van der Waals surface area contributed by atoms with Crippen molar-refractivity contribution in [3.63, 3.8) is 0 Å². The highest BCUT2D eigenvalue weighted by Gasteiger charge is 2.38. The van der Waals surface area contributed by atoms with E-state index in [4.69, 9.17) is 11.6 Å². The zero-order valence-electron chi connectivity index (χ0n) is 12.8. The van der Waals surface area contributed by atoms with Crippen molar-refractivity contribution in [1.29, 1.82) is 0 Å². The van der Waals surface area contributed by atoms with Crippen LogP contribution in [0.1, 0.15) is 10.4 Å². The summed E-state index contributed by atoms with van der Waals surface area (Å²) in [5.41, 5.74) is 2.71. The molecule has 0 aliphatic carbocycles. The Balaban J connectivity index is 1.65. The Bertz CT molecular complexity index is 734. The second-order valence-corrected chi connectivity index (χ2v) is 6.88. The Morgan fingerprint density at radius 2 is 1.78 bits per heavy atom. The van der Waals surface area contributed by atoms with Gasteiger partial charge in [0.1, 0.15) is 0 Å². The molecule has 2 fully saturated rings. The van der Waals surface area contributed by atoms with E-state index in [9.17, 15) is 4.79 Å². The van der Waals surface area contributed by atoms with Crippen LogP contribution in [0, 0.1) is 11.8 Å². The highest BCUT2D eigenvalue weighted by atomic mass is 35.5. The van der Waals surface area contributed by atoms with Gasteiger partial charge in [0.05, 0.1) is 0 Å². The van der Waals surface area contributed by atoms with E-state index in [0.717, 1.165) is 42.9 Å². The summed E-state index contributed by atoms with van der Waals surface area (Å²) in [5.74, 6) is 1.35. The Hall–Kier alpha value is -1.84. The van der Waals surface area contributed by atoms with Crippen LogP contribution in [-0.4, -0.2) is 37.0 Å². The molecule has 0 saturated carbocycles. The van der Waals surface area contributed by atoms with Gasteiger partial charge in [0, 0.05) is 36.8 Å². The van der Waals surface area contributed by atoms with Crippen LogP contribution in [0.3, 0.4) is 0 Å². The third-order valence-electron chi connectivity index (χ3n) is 4.97. The highest BCUT2D eigenvalue weighted by Crippen LogP contribution is 2.31. The normalized spacial score (nSPS) is 23.1. The molecular formula is C19H19ClN2O. The van der Waals surface area contributed by atoms with E-state index in [1.807, 2.05) is 53.4 Å². The van der Waals surface area contributed by atoms with Crippen molar-refractivity contribution < 1.29 is 4.79 Å². The molecule has 2 aliphatic heterocycles. The minimum absolute atomic E-state index is 0.134. The van der Waals surface area contributed by atoms with Crippen molar-refractivity contribution in [3.05, 3.63) is 59.1 Å². The Labute approximate surface area is 141 Å². The van der Waals surface area contributed by atoms with Crippen LogP contribution in [0.2, 0.25) is 5.02 Å². The molecule has 2 heterocycles. The lowest BCUT2D eigenvalue weighted by Crippen LogP contribution is -2.32. The summed E-state index contributed by atoms with van der Waals surface area (Å²) in [5, 5.41) is 4.10. The van der Waals surface area contributed by atoms with Crippen LogP contribution in [0.4, 0.5) is 0 Å². The molecule has 2 saturated heterocycles. The predicted octanol–water partition coefficient (Wildman–Crippen LogP) is 3.30. The van der Waals surface area contributed by atoms with Crippen molar-refractivity contribution in [3.8, 4) is 11.1 Å². The lowest BCUT2D eigenvalue weighted by atomic mass is 9.99. The molecule has 2 aliphatic rings. The third kappa shape index (κ3) is 2.75. The number of hydrogen-bond donors (Lipinski definition) is 1. The maximum atomic E-state index is 13.0. The van der Waals surface area contributed by atoms with Crippen LogP contribution in [0.5, 0.6) is 0 Å². The number of likely N-dealkylation sites (tertiary alicyclic amines) is 1. The highest BCUT2D eigenvalue weighted by molar-refractivity contribution is 6.30. The van der Waals surface area contributed by atoms with Gasteiger partial charge in [-0.05, 0) is 41.2 Å². The fraction of sp³-hybridized carbons (Fsp3) is 0.316. The minimum Gasteiger partial charge on any atom is -0.338 e. The van der Waals surface area contributed by atoms with Gasteiger partial charge >= 0.3 is 0 Å². The standard InChI is InChI=1S/C19H19ClN2O/c20-16-5-3-4-13(8-16)17-6-1-2-7-18(17)19(23)22-11-14-9-21-10-15(14)12-22/h1-8,14-15,21H,9-12H2. The number of carbonyl (C=O) groups is 1. The molecule has 1 N–H and O–H groups in total. The summed E-state index contributed by atoms with van der Waals surface area (Å²) in [6.45, 7) is 3.79. The van der Waals surface area contributed by atoms with Gasteiger partial charge in [-0.3, -0.25) is 4.79 Å². The van der Waals surface area contributed by atoms with Crippen LogP contribution >= 0.6 is 11.6 Å². The quantitative estimate of drug-likeness (QED) is 0.918. The number of hydrogen-bond acceptors (Lipinski definition) is 2. The largest absolute Gasteiger partial charge is 0.338 e. The second-order valence-electron chi connectivity index (χ2n) is 6.44. The Kier molecular flexibility index (Phi) is 3.83. The van der Waals surface area contributed by atoms with Gasteiger partial charge < -0.3 is 10.2 Å². The third-order valence-corrected chi connectivity index (χ3v) is 5.20. The minimum atomic E-state index is 0.134. The summed E-state index contributed by atoms with van der Waals surface area (Å²) >= 11 is 6.12. The predicted molar refractivity (Wildman–Crippen MR) is 92.6 cm³/mol. The summed E-state index contributed by atoms with van der Waals surface area (Å²) in [4.78, 5) is 15.0. The molecule has 2 unspecified atom stereocenters. The molecule has 0 spiro atoms. The van der Waals surface area contributed by atoms with Gasteiger partial charge in [-0.15, -0.1) is 0 Å². The molecule has 2 aromatic rings. The molecular weight excluding hydrogens is 308 g/mol. The van der Waals surface area contributed by atoms with Crippen molar-refractivity contribution in [2.75, 3.05) is 26.2 Å². The van der Waals surface area contributed by atoms with Gasteiger partial charge in [0.15, 0.2) is 0 Å². The van der Waals surface area contributed by atoms with Crippen LogP contribution in [-0.2, 0) is 0 Å². The fourth-order valence-corrected chi connectivity index (χ4v) is 3.96. The van der Waals surface area contributed by atoms with E-state index in [-0.39, 0.29) is 5.91 Å². The number of fused-ring (bicyclic) bond motifs is 1. The molecule has 23 heavy (non-hydrogen) atoms. The van der Waals surface area contributed by atoms with Crippen LogP contribution in [0.15, 0.2) is 48.5 Å². The smallest absolute Gasteiger partial charge is 0.254 e. The molecule has 1 amide bonds. The Morgan fingerprint density at radius 3 is 2.52 bits per heavy atom. The number of halogens is 1. The van der Waals surface area contributed by atoms with Crippen molar-refractivity contribution >= 4 is 17.5 Å². The number of rotatable bonds is 2. The van der Waals surface area contributed by atoms with Crippen molar-refractivity contribution in [2.45, 2.75) is 0 Å². The molecule has 3 nitrogen and oxygen atoms in total. The van der Waals surface area contributed by atoms with Crippen LogP contribution in [0.25, 0.3) is 11.1 Å². The molecule has 4 rings (SSSR count). The number of nitrogens with one attached hydrogen (secondary N) is 1. The van der Waals surface area contributed by atoms with Crippen molar-refractivity contribution in [1.82, 2.24) is 10.2 Å². The summed E-state index contributed by atoms with van der Waals surface area (Å²) in [6.07, 6.45) is 0. The maximum Gasteiger partial charge on any atom is 0.254 e. The van der Waals surface area contributed by atoms with E-state index in [2.05, 4.69) is 5.32 Å². The second kappa shape index (κ2) is 5.99. The molecule has 4 heteroatoms. The van der Waals surface area contributed by atoms with Gasteiger partial charge in [-0.25, -0.2) is 0 Å². The van der Waals surface area contributed by atoms with Gasteiger partial charge in [-0.1, -0.05) is 41.9 Å². The summed E-state index contributed by atoms with van der Waals surface area (Å²) in [6, 6.07) is 15.5. The monoisotopic (exact) mass is 326 g/mol. The first-order chi connectivity index (χ1) is 11.2. The molecule has 2 aromatic carbocycles. The van der Waals surface area contributed by atoms with Gasteiger partial charge in [0.25, 0.3) is 5.91 Å². The van der Waals surface area contributed by atoms with E-state index in [1.165, 1.54) is 0 Å². The maximum absolute atomic E-state index is 13.0. The molecule has 118 valence electrons. The molecule has 0 aromatic heterocycles. The van der Waals surface area contributed by atoms with E-state index < -0.39 is 0 Å². The average molecular weight is 327 g/mol. The first-order valence-electron chi connectivity index (χ1n) is 8.07. The zero-order valence-corrected chi connectivity index (χ0v) is 13.6. The lowest BCUT2D eigenvalue weighted by Gasteiger charge is -2.19. The van der Waals surface area contributed by atoms with E-state index in [1.54, 1.807) is 0 Å². The van der Waals surface area contributed by atoms with E-state index >= 15 is 0 Å². The van der Waals surface area contributed by atoms with Crippen molar-refractivity contribution in [2.24, 2.45) is 11.8 Å². The molecule has 0 bridgehead atoms. The number of amides is 1. The zero-order chi connectivity index (χ0) is 15.8. The SMILES string of the molecule is O=C(c1ccccc1-c1cccc(Cl)c1)N1CC2CNCC2C1. The van der Waals surface area contributed by atoms with Gasteiger partial charge in [0.2, 0.25) is 0 Å². The first kappa shape index (κ1) is 14.7. The number of carbonyl (C=O) groups excluding carboxylic acids is 1. The topological polar surface area (TPSA) is 32.3 Å². The molecule has 0 radical (unpaired) electrons. The fourth-order valence-electron chi connectivity index (χ4n) is 3.77. The lowest BCUT2D eigenvalue weighted by molar-refractivity contribution is 0.0782. The average Bonchev–Trinajstić information content (AvgIpc) is 3.16. The summed E-state index contributed by atoms with van der Waals surface area (Å²) < 4.78 is 0. The summed E-state index contributed by atoms with van der Waals surface area (Å²) in [7, 11) is 0. The number of benzene rings is 2. The van der Waals surface area contributed by atoms with Crippen LogP contribution < -0.4 is 5.32 Å². The molecule has 2 atom stereocenters. The van der Waals surface area contributed by atoms with E-state index in [0.29, 0.717) is 16.9 Å². The first-order valence-corrected chi connectivity index (χ1v) is 8.45. The Morgan fingerprint density at radius 1 is 1.04 bits per heavy atom. The number of nitrogens with zero attached hydrogens (tertiary/aromatic N) is 1. The van der Waals surface area contributed by atoms with Gasteiger partial charge in [-0.2, -0.15) is 0 Å².